The van der Waals surface area contributed by atoms with Gasteiger partial charge >= 0.3 is 6.09 Å². The summed E-state index contributed by atoms with van der Waals surface area (Å²) in [5.41, 5.74) is 7.95. The Bertz CT molecular complexity index is 446. The molecule has 5 N–H and O–H groups in total. The second kappa shape index (κ2) is 6.48. The van der Waals surface area contributed by atoms with Crippen molar-refractivity contribution >= 4 is 23.4 Å². The number of benzene rings is 1. The fourth-order valence-corrected chi connectivity index (χ4v) is 1.39. The number of aryl methyl sites for hydroxylation is 1. The summed E-state index contributed by atoms with van der Waals surface area (Å²) in [5.74, 6) is -0.162. The Hall–Kier alpha value is -2.24. The lowest BCUT2D eigenvalue weighted by Crippen LogP contribution is -2.23. The Morgan fingerprint density at radius 2 is 2.11 bits per heavy atom. The number of hydrogen-bond donors (Lipinski definition) is 4. The summed E-state index contributed by atoms with van der Waals surface area (Å²) in [5, 5.41) is 13.2. The molecule has 0 aliphatic carbocycles. The van der Waals surface area contributed by atoms with E-state index in [1.54, 1.807) is 12.1 Å². The second-order valence-corrected chi connectivity index (χ2v) is 3.96. The molecule has 0 aromatic heterocycles. The summed E-state index contributed by atoms with van der Waals surface area (Å²) >= 11 is 0. The van der Waals surface area contributed by atoms with E-state index in [4.69, 9.17) is 10.8 Å². The monoisotopic (exact) mass is 251 g/mol. The van der Waals surface area contributed by atoms with Crippen LogP contribution in [0.4, 0.5) is 16.2 Å². The molecule has 0 aliphatic rings. The van der Waals surface area contributed by atoms with E-state index in [0.717, 1.165) is 5.56 Å². The van der Waals surface area contributed by atoms with Gasteiger partial charge in [0.2, 0.25) is 5.91 Å². The Balaban J connectivity index is 2.35. The van der Waals surface area contributed by atoms with Crippen LogP contribution in [-0.4, -0.2) is 23.7 Å². The lowest BCUT2D eigenvalue weighted by molar-refractivity contribution is -0.116. The van der Waals surface area contributed by atoms with Crippen molar-refractivity contribution in [3.63, 3.8) is 0 Å². The first-order valence-electron chi connectivity index (χ1n) is 5.62. The topological polar surface area (TPSA) is 104 Å². The van der Waals surface area contributed by atoms with Gasteiger partial charge in [0.15, 0.2) is 0 Å². The van der Waals surface area contributed by atoms with Gasteiger partial charge in [0.05, 0.1) is 0 Å². The van der Waals surface area contributed by atoms with E-state index in [-0.39, 0.29) is 18.9 Å². The fourth-order valence-electron chi connectivity index (χ4n) is 1.39. The van der Waals surface area contributed by atoms with Gasteiger partial charge in [0.25, 0.3) is 0 Å². The van der Waals surface area contributed by atoms with Crippen LogP contribution in [0.25, 0.3) is 0 Å². The molecule has 0 spiro atoms. The highest BCUT2D eigenvalue weighted by atomic mass is 16.4. The molecule has 0 atom stereocenters. The van der Waals surface area contributed by atoms with Crippen LogP contribution >= 0.6 is 0 Å². The third kappa shape index (κ3) is 4.73. The first-order chi connectivity index (χ1) is 8.49. The number of rotatable bonds is 5. The van der Waals surface area contributed by atoms with Crippen LogP contribution in [0.3, 0.4) is 0 Å². The second-order valence-electron chi connectivity index (χ2n) is 3.96. The Labute approximate surface area is 105 Å². The third-order valence-electron chi connectivity index (χ3n) is 2.42. The maximum atomic E-state index is 11.5. The van der Waals surface area contributed by atoms with Crippen molar-refractivity contribution in [2.24, 2.45) is 0 Å². The molecule has 0 saturated carbocycles. The molecule has 18 heavy (non-hydrogen) atoms. The molecule has 98 valence electrons. The predicted molar refractivity (Wildman–Crippen MR) is 69.5 cm³/mol. The van der Waals surface area contributed by atoms with E-state index < -0.39 is 6.09 Å². The minimum Gasteiger partial charge on any atom is -0.465 e. The summed E-state index contributed by atoms with van der Waals surface area (Å²) in [7, 11) is 0. The summed E-state index contributed by atoms with van der Waals surface area (Å²) in [6.45, 7) is 2.15. The molecule has 6 nitrogen and oxygen atoms in total. The number of anilines is 2. The number of carboxylic acid groups (broad SMARTS) is 1. The molecule has 1 aromatic carbocycles. The lowest BCUT2D eigenvalue weighted by Gasteiger charge is -2.07. The molecule has 1 rings (SSSR count). The molecular formula is C12H17N3O3. The van der Waals surface area contributed by atoms with Gasteiger partial charge < -0.3 is 21.5 Å². The fraction of sp³-hybridized carbons (Fsp3) is 0.333. The molecule has 2 amide bonds. The summed E-state index contributed by atoms with van der Waals surface area (Å²) < 4.78 is 0. The molecule has 0 bridgehead atoms. The van der Waals surface area contributed by atoms with Gasteiger partial charge in [-0.2, -0.15) is 0 Å². The number of carbonyl (C=O) groups excluding carboxylic acids is 1. The number of hydrogen-bond acceptors (Lipinski definition) is 3. The van der Waals surface area contributed by atoms with Crippen molar-refractivity contribution in [3.05, 3.63) is 23.8 Å². The molecule has 0 unspecified atom stereocenters. The van der Waals surface area contributed by atoms with Gasteiger partial charge in [-0.3, -0.25) is 4.79 Å². The van der Waals surface area contributed by atoms with Crippen LogP contribution < -0.4 is 16.4 Å². The number of nitrogen functional groups attached to an aromatic ring is 1. The van der Waals surface area contributed by atoms with Crippen molar-refractivity contribution in [2.45, 2.75) is 19.8 Å². The molecule has 0 aliphatic heterocycles. The van der Waals surface area contributed by atoms with Gasteiger partial charge in [-0.05, 0) is 31.0 Å². The Morgan fingerprint density at radius 1 is 1.39 bits per heavy atom. The number of nitrogens with two attached hydrogens (primary N) is 1. The largest absolute Gasteiger partial charge is 0.465 e. The van der Waals surface area contributed by atoms with Gasteiger partial charge in [0.1, 0.15) is 0 Å². The maximum absolute atomic E-state index is 11.5. The third-order valence-corrected chi connectivity index (χ3v) is 2.42. The Morgan fingerprint density at radius 3 is 2.72 bits per heavy atom. The highest BCUT2D eigenvalue weighted by Gasteiger charge is 2.04. The smallest absolute Gasteiger partial charge is 0.404 e. The maximum Gasteiger partial charge on any atom is 0.404 e. The zero-order valence-electron chi connectivity index (χ0n) is 10.2. The Kier molecular flexibility index (Phi) is 4.98. The standard InChI is InChI=1S/C12H17N3O3/c1-8-4-5-9(7-10(8)13)15-11(16)3-2-6-14-12(17)18/h4-5,7,14H,2-3,6,13H2,1H3,(H,15,16)(H,17,18). The van der Waals surface area contributed by atoms with Crippen LogP contribution in [0.5, 0.6) is 0 Å². The first kappa shape index (κ1) is 13.8. The molecule has 0 fully saturated rings. The van der Waals surface area contributed by atoms with E-state index >= 15 is 0 Å². The molecule has 0 radical (unpaired) electrons. The summed E-state index contributed by atoms with van der Waals surface area (Å²) in [4.78, 5) is 21.7. The van der Waals surface area contributed by atoms with Crippen molar-refractivity contribution in [1.29, 1.82) is 0 Å². The molecule has 0 heterocycles. The van der Waals surface area contributed by atoms with E-state index in [9.17, 15) is 9.59 Å². The number of amides is 2. The van der Waals surface area contributed by atoms with Crippen LogP contribution in [0.2, 0.25) is 0 Å². The summed E-state index contributed by atoms with van der Waals surface area (Å²) in [6, 6.07) is 5.30. The zero-order valence-corrected chi connectivity index (χ0v) is 10.2. The van der Waals surface area contributed by atoms with Crippen LogP contribution in [0, 0.1) is 6.92 Å². The highest BCUT2D eigenvalue weighted by molar-refractivity contribution is 5.91. The predicted octanol–water partition coefficient (Wildman–Crippen LogP) is 1.56. The van der Waals surface area contributed by atoms with Crippen LogP contribution in [0.1, 0.15) is 18.4 Å². The molecule has 1 aromatic rings. The average molecular weight is 251 g/mol. The van der Waals surface area contributed by atoms with Gasteiger partial charge in [-0.15, -0.1) is 0 Å². The van der Waals surface area contributed by atoms with E-state index in [1.165, 1.54) is 0 Å². The molecule has 6 heteroatoms. The van der Waals surface area contributed by atoms with E-state index in [2.05, 4.69) is 10.6 Å². The first-order valence-corrected chi connectivity index (χ1v) is 5.62. The minimum absolute atomic E-state index is 0.162. The van der Waals surface area contributed by atoms with Gasteiger partial charge in [-0.1, -0.05) is 6.07 Å². The van der Waals surface area contributed by atoms with Crippen molar-refractivity contribution in [2.75, 3.05) is 17.6 Å². The minimum atomic E-state index is -1.08. The van der Waals surface area contributed by atoms with Crippen molar-refractivity contribution in [1.82, 2.24) is 5.32 Å². The van der Waals surface area contributed by atoms with Crippen molar-refractivity contribution in [3.8, 4) is 0 Å². The quantitative estimate of drug-likeness (QED) is 0.471. The van der Waals surface area contributed by atoms with Crippen LogP contribution in [0.15, 0.2) is 18.2 Å². The SMILES string of the molecule is Cc1ccc(NC(=O)CCCNC(=O)O)cc1N. The average Bonchev–Trinajstić information content (AvgIpc) is 2.29. The molecular weight excluding hydrogens is 234 g/mol. The van der Waals surface area contributed by atoms with Gasteiger partial charge in [0, 0.05) is 24.3 Å². The lowest BCUT2D eigenvalue weighted by atomic mass is 10.2. The zero-order chi connectivity index (χ0) is 13.5. The number of nitrogens with one attached hydrogen (secondary N) is 2. The van der Waals surface area contributed by atoms with Gasteiger partial charge in [-0.25, -0.2) is 4.79 Å². The van der Waals surface area contributed by atoms with E-state index in [0.29, 0.717) is 17.8 Å². The molecule has 0 saturated heterocycles. The van der Waals surface area contributed by atoms with Crippen LogP contribution in [-0.2, 0) is 4.79 Å². The number of carbonyl (C=O) groups is 2. The highest BCUT2D eigenvalue weighted by Crippen LogP contribution is 2.17. The summed E-state index contributed by atoms with van der Waals surface area (Å²) in [6.07, 6.45) is -0.366. The van der Waals surface area contributed by atoms with E-state index in [1.807, 2.05) is 13.0 Å². The normalized spacial score (nSPS) is 9.83. The van der Waals surface area contributed by atoms with Crippen molar-refractivity contribution < 1.29 is 14.7 Å².